The van der Waals surface area contributed by atoms with Gasteiger partial charge in [0.05, 0.1) is 5.33 Å². The lowest BCUT2D eigenvalue weighted by Gasteiger charge is -1.93. The van der Waals surface area contributed by atoms with Crippen LogP contribution in [0.15, 0.2) is 0 Å². The van der Waals surface area contributed by atoms with E-state index in [2.05, 4.69) is 31.4 Å². The van der Waals surface area contributed by atoms with Gasteiger partial charge in [0.15, 0.2) is 0 Å². The van der Waals surface area contributed by atoms with Crippen molar-refractivity contribution in [2.75, 3.05) is 10.6 Å². The van der Waals surface area contributed by atoms with Gasteiger partial charge < -0.3 is 0 Å². The van der Waals surface area contributed by atoms with E-state index in [1.54, 1.807) is 0 Å². The Balaban J connectivity index is 2.00. The van der Waals surface area contributed by atoms with E-state index in [0.717, 1.165) is 5.01 Å². The Bertz CT molecular complexity index is 323. The number of amides is 1. The highest BCUT2D eigenvalue weighted by atomic mass is 79.9. The molecule has 0 unspecified atom stereocenters. The summed E-state index contributed by atoms with van der Waals surface area (Å²) in [6.07, 6.45) is 2.42. The summed E-state index contributed by atoms with van der Waals surface area (Å²) < 4.78 is 0. The fourth-order valence-corrected chi connectivity index (χ4v) is 2.00. The van der Waals surface area contributed by atoms with E-state index in [0.29, 0.717) is 16.4 Å². The van der Waals surface area contributed by atoms with Gasteiger partial charge >= 0.3 is 0 Å². The minimum atomic E-state index is -0.0847. The molecule has 1 aromatic rings. The highest BCUT2D eigenvalue weighted by molar-refractivity contribution is 9.09. The number of anilines is 1. The van der Waals surface area contributed by atoms with Gasteiger partial charge in [-0.05, 0) is 12.8 Å². The van der Waals surface area contributed by atoms with Crippen molar-refractivity contribution in [2.24, 2.45) is 0 Å². The van der Waals surface area contributed by atoms with E-state index in [1.807, 2.05) is 0 Å². The third kappa shape index (κ3) is 2.25. The lowest BCUT2D eigenvalue weighted by atomic mass is 10.5. The number of hydrogen-bond acceptors (Lipinski definition) is 4. The molecule has 1 aliphatic rings. The number of carbonyl (C=O) groups excluding carboxylic acids is 1. The molecule has 2 rings (SSSR count). The number of rotatable bonds is 3. The number of carbonyl (C=O) groups is 1. The zero-order valence-electron chi connectivity index (χ0n) is 6.79. The van der Waals surface area contributed by atoms with Crippen molar-refractivity contribution < 1.29 is 4.79 Å². The number of hydrogen-bond donors (Lipinski definition) is 1. The largest absolute Gasteiger partial charge is 0.300 e. The molecule has 1 saturated carbocycles. The van der Waals surface area contributed by atoms with Gasteiger partial charge in [-0.1, -0.05) is 27.3 Å². The zero-order chi connectivity index (χ0) is 9.26. The average molecular weight is 262 g/mol. The topological polar surface area (TPSA) is 54.9 Å². The predicted molar refractivity (Wildman–Crippen MR) is 54.3 cm³/mol. The number of aromatic nitrogens is 2. The third-order valence-corrected chi connectivity index (χ3v) is 3.25. The fourth-order valence-electron chi connectivity index (χ4n) is 0.933. The summed E-state index contributed by atoms with van der Waals surface area (Å²) in [5.41, 5.74) is 0. The van der Waals surface area contributed by atoms with Crippen LogP contribution in [0.2, 0.25) is 0 Å². The Morgan fingerprint density at radius 3 is 3.00 bits per heavy atom. The summed E-state index contributed by atoms with van der Waals surface area (Å²) in [6.45, 7) is 0. The van der Waals surface area contributed by atoms with E-state index >= 15 is 0 Å². The van der Waals surface area contributed by atoms with Gasteiger partial charge in [-0.25, -0.2) is 0 Å². The van der Waals surface area contributed by atoms with Crippen molar-refractivity contribution in [3.8, 4) is 0 Å². The summed E-state index contributed by atoms with van der Waals surface area (Å²) in [5.74, 6) is 0.519. The van der Waals surface area contributed by atoms with Crippen molar-refractivity contribution in [2.45, 2.75) is 18.8 Å². The average Bonchev–Trinajstić information content (AvgIpc) is 2.88. The quantitative estimate of drug-likeness (QED) is 0.844. The number of nitrogens with zero attached hydrogens (tertiary/aromatic N) is 2. The van der Waals surface area contributed by atoms with Gasteiger partial charge in [0.1, 0.15) is 5.01 Å². The second-order valence-corrected chi connectivity index (χ2v) is 4.47. The molecular weight excluding hydrogens is 254 g/mol. The van der Waals surface area contributed by atoms with Crippen molar-refractivity contribution >= 4 is 38.3 Å². The molecule has 6 heteroatoms. The maximum Gasteiger partial charge on any atom is 0.236 e. The summed E-state index contributed by atoms with van der Waals surface area (Å²) in [7, 11) is 0. The number of halogens is 1. The monoisotopic (exact) mass is 261 g/mol. The van der Waals surface area contributed by atoms with Crippen LogP contribution in [-0.4, -0.2) is 21.4 Å². The summed E-state index contributed by atoms with van der Waals surface area (Å²) in [5, 5.41) is 12.5. The van der Waals surface area contributed by atoms with Crippen LogP contribution in [0.1, 0.15) is 23.8 Å². The normalized spacial score (nSPS) is 15.8. The second kappa shape index (κ2) is 3.71. The van der Waals surface area contributed by atoms with Gasteiger partial charge in [-0.15, -0.1) is 10.2 Å². The fraction of sp³-hybridized carbons (Fsp3) is 0.571. The molecule has 1 aliphatic carbocycles. The lowest BCUT2D eigenvalue weighted by Crippen LogP contribution is -2.11. The summed E-state index contributed by atoms with van der Waals surface area (Å²) in [6, 6.07) is 0. The van der Waals surface area contributed by atoms with Crippen molar-refractivity contribution in [1.82, 2.24) is 10.2 Å². The smallest absolute Gasteiger partial charge is 0.236 e. The standard InChI is InChI=1S/C7H8BrN3OS/c8-3-5(12)9-7-11-10-6(13-7)4-1-2-4/h4H,1-3H2,(H,9,11,12). The maximum atomic E-state index is 11.0. The molecule has 1 fully saturated rings. The number of nitrogens with one attached hydrogen (secondary N) is 1. The van der Waals surface area contributed by atoms with E-state index in [4.69, 9.17) is 0 Å². The Morgan fingerprint density at radius 1 is 1.62 bits per heavy atom. The van der Waals surface area contributed by atoms with Crippen molar-refractivity contribution in [3.05, 3.63) is 5.01 Å². The molecule has 0 aliphatic heterocycles. The highest BCUT2D eigenvalue weighted by Gasteiger charge is 2.27. The Hall–Kier alpha value is -0.490. The molecule has 13 heavy (non-hydrogen) atoms. The van der Waals surface area contributed by atoms with Crippen LogP contribution >= 0.6 is 27.3 Å². The molecule has 0 bridgehead atoms. The minimum absolute atomic E-state index is 0.0847. The molecule has 1 amide bonds. The maximum absolute atomic E-state index is 11.0. The number of alkyl halides is 1. The summed E-state index contributed by atoms with van der Waals surface area (Å²) in [4.78, 5) is 11.0. The van der Waals surface area contributed by atoms with Crippen LogP contribution < -0.4 is 5.32 Å². The van der Waals surface area contributed by atoms with Crippen LogP contribution in [-0.2, 0) is 4.79 Å². The molecule has 0 atom stereocenters. The first kappa shape index (κ1) is 9.08. The zero-order valence-corrected chi connectivity index (χ0v) is 9.19. The van der Waals surface area contributed by atoms with E-state index < -0.39 is 0 Å². The molecule has 0 aromatic carbocycles. The molecule has 70 valence electrons. The van der Waals surface area contributed by atoms with E-state index in [9.17, 15) is 4.79 Å². The van der Waals surface area contributed by atoms with Gasteiger partial charge in [-0.3, -0.25) is 10.1 Å². The van der Waals surface area contributed by atoms with Crippen molar-refractivity contribution in [1.29, 1.82) is 0 Å². The van der Waals surface area contributed by atoms with E-state index in [1.165, 1.54) is 24.2 Å². The minimum Gasteiger partial charge on any atom is -0.300 e. The predicted octanol–water partition coefficient (Wildman–Crippen LogP) is 1.75. The van der Waals surface area contributed by atoms with Gasteiger partial charge in [0, 0.05) is 5.92 Å². The SMILES string of the molecule is O=C(CBr)Nc1nnc(C2CC2)s1. The summed E-state index contributed by atoms with van der Waals surface area (Å²) >= 11 is 4.54. The molecular formula is C7H8BrN3OS. The highest BCUT2D eigenvalue weighted by Crippen LogP contribution is 2.41. The van der Waals surface area contributed by atoms with Crippen molar-refractivity contribution in [3.63, 3.8) is 0 Å². The van der Waals surface area contributed by atoms with Crippen LogP contribution in [0.4, 0.5) is 5.13 Å². The van der Waals surface area contributed by atoms with Crippen LogP contribution in [0, 0.1) is 0 Å². The Kier molecular flexibility index (Phi) is 2.59. The van der Waals surface area contributed by atoms with Crippen LogP contribution in [0.3, 0.4) is 0 Å². The van der Waals surface area contributed by atoms with Crippen LogP contribution in [0.5, 0.6) is 0 Å². The molecule has 1 N–H and O–H groups in total. The Morgan fingerprint density at radius 2 is 2.38 bits per heavy atom. The molecule has 0 spiro atoms. The molecule has 1 heterocycles. The molecule has 0 saturated heterocycles. The lowest BCUT2D eigenvalue weighted by molar-refractivity contribution is -0.113. The second-order valence-electron chi connectivity index (χ2n) is 2.90. The van der Waals surface area contributed by atoms with E-state index in [-0.39, 0.29) is 5.91 Å². The third-order valence-electron chi connectivity index (χ3n) is 1.73. The van der Waals surface area contributed by atoms with Gasteiger partial charge in [0.25, 0.3) is 0 Å². The first-order chi connectivity index (χ1) is 6.29. The van der Waals surface area contributed by atoms with Gasteiger partial charge in [-0.2, -0.15) is 0 Å². The Labute approximate surface area is 87.9 Å². The van der Waals surface area contributed by atoms with Gasteiger partial charge in [0.2, 0.25) is 11.0 Å². The first-order valence-electron chi connectivity index (χ1n) is 3.99. The molecule has 1 aromatic heterocycles. The molecule has 4 nitrogen and oxygen atoms in total. The molecule has 0 radical (unpaired) electrons. The first-order valence-corrected chi connectivity index (χ1v) is 5.92. The van der Waals surface area contributed by atoms with Crippen LogP contribution in [0.25, 0.3) is 0 Å².